The molecule has 0 aromatic carbocycles. The van der Waals surface area contributed by atoms with Gasteiger partial charge in [0.15, 0.2) is 0 Å². The van der Waals surface area contributed by atoms with Gasteiger partial charge in [0.05, 0.1) is 6.20 Å². The smallest absolute Gasteiger partial charge is 0.150 e. The molecule has 1 heterocycles. The van der Waals surface area contributed by atoms with E-state index in [9.17, 15) is 5.11 Å². The van der Waals surface area contributed by atoms with Crippen LogP contribution in [0, 0.1) is 0 Å². The predicted molar refractivity (Wildman–Crippen MR) is 67.6 cm³/mol. The van der Waals surface area contributed by atoms with E-state index in [0.717, 1.165) is 12.1 Å². The van der Waals surface area contributed by atoms with Crippen LogP contribution in [0.2, 0.25) is 0 Å². The van der Waals surface area contributed by atoms with Gasteiger partial charge in [0.25, 0.3) is 0 Å². The fourth-order valence-corrected chi connectivity index (χ4v) is 1.38. The van der Waals surface area contributed by atoms with E-state index < -0.39 is 6.23 Å². The molecule has 0 fully saturated rings. The molecule has 0 radical (unpaired) electrons. The van der Waals surface area contributed by atoms with Gasteiger partial charge in [-0.15, -0.1) is 0 Å². The van der Waals surface area contributed by atoms with Crippen LogP contribution in [-0.4, -0.2) is 47.4 Å². The Hall–Kier alpha value is -1.04. The van der Waals surface area contributed by atoms with Crippen molar-refractivity contribution in [1.82, 2.24) is 20.4 Å². The number of aliphatic hydroxyl groups is 1. The SMILES string of the molecule is CC(C)c1cnnc(C(O)NCCN(C)C)c1. The zero-order valence-corrected chi connectivity index (χ0v) is 11.0. The van der Waals surface area contributed by atoms with E-state index in [1.165, 1.54) is 0 Å². The number of hydrogen-bond acceptors (Lipinski definition) is 5. The van der Waals surface area contributed by atoms with Crippen molar-refractivity contribution in [2.24, 2.45) is 0 Å². The number of likely N-dealkylation sites (N-methyl/N-ethyl adjacent to an activating group) is 1. The minimum atomic E-state index is -0.749. The Morgan fingerprint density at radius 1 is 1.41 bits per heavy atom. The Morgan fingerprint density at radius 3 is 2.71 bits per heavy atom. The molecule has 96 valence electrons. The highest BCUT2D eigenvalue weighted by Crippen LogP contribution is 2.15. The summed E-state index contributed by atoms with van der Waals surface area (Å²) in [5, 5.41) is 20.8. The summed E-state index contributed by atoms with van der Waals surface area (Å²) in [5.41, 5.74) is 1.67. The summed E-state index contributed by atoms with van der Waals surface area (Å²) in [6.07, 6.45) is 0.988. The normalized spacial score (nSPS) is 13.4. The van der Waals surface area contributed by atoms with Gasteiger partial charge in [-0.25, -0.2) is 0 Å². The van der Waals surface area contributed by atoms with Crippen LogP contribution in [0.15, 0.2) is 12.3 Å². The average molecular weight is 238 g/mol. The van der Waals surface area contributed by atoms with Crippen molar-refractivity contribution >= 4 is 0 Å². The summed E-state index contributed by atoms with van der Waals surface area (Å²) in [4.78, 5) is 2.05. The summed E-state index contributed by atoms with van der Waals surface area (Å²) < 4.78 is 0. The Bertz CT molecular complexity index is 341. The molecule has 2 N–H and O–H groups in total. The van der Waals surface area contributed by atoms with E-state index >= 15 is 0 Å². The largest absolute Gasteiger partial charge is 0.373 e. The van der Waals surface area contributed by atoms with Crippen molar-refractivity contribution in [2.75, 3.05) is 27.2 Å². The Balaban J connectivity index is 2.56. The molecular formula is C12H22N4O. The van der Waals surface area contributed by atoms with Gasteiger partial charge >= 0.3 is 0 Å². The van der Waals surface area contributed by atoms with E-state index in [0.29, 0.717) is 18.2 Å². The molecule has 0 amide bonds. The molecule has 0 bridgehead atoms. The van der Waals surface area contributed by atoms with Crippen LogP contribution >= 0.6 is 0 Å². The quantitative estimate of drug-likeness (QED) is 0.716. The van der Waals surface area contributed by atoms with Crippen LogP contribution in [0.25, 0.3) is 0 Å². The zero-order valence-electron chi connectivity index (χ0n) is 11.0. The van der Waals surface area contributed by atoms with Gasteiger partial charge in [0, 0.05) is 13.1 Å². The summed E-state index contributed by atoms with van der Waals surface area (Å²) in [6, 6.07) is 1.89. The van der Waals surface area contributed by atoms with E-state index in [4.69, 9.17) is 0 Å². The fourth-order valence-electron chi connectivity index (χ4n) is 1.38. The van der Waals surface area contributed by atoms with Crippen LogP contribution < -0.4 is 5.32 Å². The van der Waals surface area contributed by atoms with Crippen molar-refractivity contribution in [3.8, 4) is 0 Å². The molecule has 0 saturated heterocycles. The molecule has 17 heavy (non-hydrogen) atoms. The van der Waals surface area contributed by atoms with Gasteiger partial charge in [0.2, 0.25) is 0 Å². The summed E-state index contributed by atoms with van der Waals surface area (Å²) in [6.45, 7) is 5.76. The lowest BCUT2D eigenvalue weighted by Crippen LogP contribution is -2.30. The van der Waals surface area contributed by atoms with Crippen molar-refractivity contribution in [3.63, 3.8) is 0 Å². The van der Waals surface area contributed by atoms with Gasteiger partial charge in [-0.3, -0.25) is 5.32 Å². The second-order valence-corrected chi connectivity index (χ2v) is 4.73. The first-order valence-corrected chi connectivity index (χ1v) is 5.89. The summed E-state index contributed by atoms with van der Waals surface area (Å²) in [7, 11) is 3.99. The maximum absolute atomic E-state index is 9.91. The standard InChI is InChI=1S/C12H22N4O/c1-9(2)10-7-11(15-14-8-10)12(17)13-5-6-16(3)4/h7-9,12-13,17H,5-6H2,1-4H3. The molecule has 1 atom stereocenters. The molecule has 1 unspecified atom stereocenters. The zero-order chi connectivity index (χ0) is 12.8. The molecule has 5 nitrogen and oxygen atoms in total. The Morgan fingerprint density at radius 2 is 2.12 bits per heavy atom. The van der Waals surface area contributed by atoms with E-state index in [1.807, 2.05) is 20.2 Å². The fraction of sp³-hybridized carbons (Fsp3) is 0.667. The monoisotopic (exact) mass is 238 g/mol. The molecule has 1 rings (SSSR count). The number of aliphatic hydroxyl groups excluding tert-OH is 1. The Labute approximate surface area is 103 Å². The molecule has 0 aliphatic rings. The third-order valence-electron chi connectivity index (χ3n) is 2.54. The summed E-state index contributed by atoms with van der Waals surface area (Å²) in [5.74, 6) is 0.387. The van der Waals surface area contributed by atoms with Gasteiger partial charge in [0.1, 0.15) is 11.9 Å². The van der Waals surface area contributed by atoms with E-state index in [2.05, 4.69) is 34.3 Å². The number of nitrogens with one attached hydrogen (secondary N) is 1. The third-order valence-corrected chi connectivity index (χ3v) is 2.54. The number of nitrogens with zero attached hydrogens (tertiary/aromatic N) is 3. The molecule has 0 saturated carbocycles. The molecule has 1 aromatic heterocycles. The van der Waals surface area contributed by atoms with Crippen molar-refractivity contribution in [2.45, 2.75) is 26.0 Å². The lowest BCUT2D eigenvalue weighted by Gasteiger charge is -2.15. The molecule has 1 aromatic rings. The minimum Gasteiger partial charge on any atom is -0.373 e. The van der Waals surface area contributed by atoms with E-state index in [1.54, 1.807) is 6.20 Å². The summed E-state index contributed by atoms with van der Waals surface area (Å²) >= 11 is 0. The second kappa shape index (κ2) is 6.64. The first-order chi connectivity index (χ1) is 8.00. The lowest BCUT2D eigenvalue weighted by molar-refractivity contribution is 0.130. The topological polar surface area (TPSA) is 61.3 Å². The first kappa shape index (κ1) is 14.0. The molecule has 0 aliphatic carbocycles. The van der Waals surface area contributed by atoms with Gasteiger partial charge in [-0.2, -0.15) is 10.2 Å². The van der Waals surface area contributed by atoms with Crippen LogP contribution in [-0.2, 0) is 0 Å². The highest BCUT2D eigenvalue weighted by atomic mass is 16.3. The maximum Gasteiger partial charge on any atom is 0.150 e. The lowest BCUT2D eigenvalue weighted by atomic mass is 10.1. The number of aromatic nitrogens is 2. The van der Waals surface area contributed by atoms with Gasteiger partial charge < -0.3 is 10.0 Å². The second-order valence-electron chi connectivity index (χ2n) is 4.73. The van der Waals surface area contributed by atoms with Gasteiger partial charge in [-0.05, 0) is 31.6 Å². The molecule has 5 heteroatoms. The number of rotatable bonds is 6. The average Bonchev–Trinajstić information content (AvgIpc) is 2.28. The van der Waals surface area contributed by atoms with Crippen LogP contribution in [0.1, 0.15) is 37.3 Å². The van der Waals surface area contributed by atoms with Crippen LogP contribution in [0.4, 0.5) is 0 Å². The third kappa shape index (κ3) is 4.77. The van der Waals surface area contributed by atoms with Crippen LogP contribution in [0.3, 0.4) is 0 Å². The minimum absolute atomic E-state index is 0.387. The number of hydrogen-bond donors (Lipinski definition) is 2. The highest BCUT2D eigenvalue weighted by Gasteiger charge is 2.10. The first-order valence-electron chi connectivity index (χ1n) is 5.89. The maximum atomic E-state index is 9.91. The predicted octanol–water partition coefficient (Wildman–Crippen LogP) is 0.742. The Kier molecular flexibility index (Phi) is 5.47. The molecule has 0 aliphatic heterocycles. The van der Waals surface area contributed by atoms with Crippen LogP contribution in [0.5, 0.6) is 0 Å². The van der Waals surface area contributed by atoms with E-state index in [-0.39, 0.29) is 0 Å². The van der Waals surface area contributed by atoms with Gasteiger partial charge in [-0.1, -0.05) is 13.8 Å². The molecular weight excluding hydrogens is 216 g/mol. The van der Waals surface area contributed by atoms with Crippen molar-refractivity contribution < 1.29 is 5.11 Å². The van der Waals surface area contributed by atoms with Crippen molar-refractivity contribution in [3.05, 3.63) is 23.5 Å². The van der Waals surface area contributed by atoms with Crippen molar-refractivity contribution in [1.29, 1.82) is 0 Å². The highest BCUT2D eigenvalue weighted by molar-refractivity contribution is 5.17. The molecule has 0 spiro atoms.